The molecule has 1 aromatic rings. The van der Waals surface area contributed by atoms with Gasteiger partial charge in [-0.05, 0) is 76.3 Å². The molecule has 1 saturated carbocycles. The van der Waals surface area contributed by atoms with E-state index in [1.165, 1.54) is 38.6 Å². The maximum absolute atomic E-state index is 13.1. The van der Waals surface area contributed by atoms with Gasteiger partial charge in [-0.1, -0.05) is 39.0 Å². The van der Waals surface area contributed by atoms with Gasteiger partial charge in [0.05, 0.1) is 6.61 Å². The average Bonchev–Trinajstić information content (AvgIpc) is 3.04. The lowest BCUT2D eigenvalue weighted by Crippen LogP contribution is -2.45. The second kappa shape index (κ2) is 12.4. The summed E-state index contributed by atoms with van der Waals surface area (Å²) in [6.07, 6.45) is 12.1. The minimum Gasteiger partial charge on any atom is -0.494 e. The summed E-state index contributed by atoms with van der Waals surface area (Å²) in [5.41, 5.74) is 0.135. The van der Waals surface area contributed by atoms with E-state index in [1.807, 2.05) is 24.3 Å². The Morgan fingerprint density at radius 2 is 1.81 bits per heavy atom. The van der Waals surface area contributed by atoms with Crippen LogP contribution in [-0.4, -0.2) is 48.8 Å². The number of benzene rings is 1. The van der Waals surface area contributed by atoms with Crippen molar-refractivity contribution >= 4 is 11.6 Å². The summed E-state index contributed by atoms with van der Waals surface area (Å²) in [4.78, 5) is 15.7. The molecule has 174 valence electrons. The van der Waals surface area contributed by atoms with E-state index in [1.54, 1.807) is 0 Å². The first-order valence-electron chi connectivity index (χ1n) is 12.6. The van der Waals surface area contributed by atoms with Crippen molar-refractivity contribution in [3.63, 3.8) is 0 Å². The first-order valence-corrected chi connectivity index (χ1v) is 12.6. The van der Waals surface area contributed by atoms with Gasteiger partial charge in [0.1, 0.15) is 11.4 Å². The zero-order chi connectivity index (χ0) is 21.9. The van der Waals surface area contributed by atoms with Crippen LogP contribution in [0.4, 0.5) is 5.69 Å². The molecular formula is C26H42N2O3. The van der Waals surface area contributed by atoms with Crippen molar-refractivity contribution in [3.05, 3.63) is 24.3 Å². The van der Waals surface area contributed by atoms with Crippen molar-refractivity contribution in [1.29, 1.82) is 0 Å². The van der Waals surface area contributed by atoms with Crippen molar-refractivity contribution in [3.8, 4) is 5.75 Å². The minimum atomic E-state index is -0.673. The zero-order valence-electron chi connectivity index (χ0n) is 19.7. The van der Waals surface area contributed by atoms with Gasteiger partial charge >= 0.3 is 0 Å². The standard InChI is InChI=1S/C26H42N2O3/c1-3-20-31-26(16-7-4-5-8-17-26)25(29)27-23-12-14-24(15-13-23)30-21-10-19-28-18-9-6-11-22(28)2/h12-15,22H,3-11,16-21H2,1-2H3,(H,27,29)/t22-/m1/s1. The Bertz CT molecular complexity index is 653. The Kier molecular flexibility index (Phi) is 9.66. The Hall–Kier alpha value is -1.59. The smallest absolute Gasteiger partial charge is 0.256 e. The molecule has 1 amide bonds. The molecule has 31 heavy (non-hydrogen) atoms. The number of anilines is 1. The molecule has 0 bridgehead atoms. The van der Waals surface area contributed by atoms with Crippen molar-refractivity contribution in [1.82, 2.24) is 4.90 Å². The van der Waals surface area contributed by atoms with Gasteiger partial charge in [0.15, 0.2) is 0 Å². The van der Waals surface area contributed by atoms with Crippen molar-refractivity contribution < 1.29 is 14.3 Å². The topological polar surface area (TPSA) is 50.8 Å². The molecule has 1 aliphatic heterocycles. The van der Waals surface area contributed by atoms with Gasteiger partial charge < -0.3 is 19.7 Å². The Morgan fingerprint density at radius 1 is 1.06 bits per heavy atom. The monoisotopic (exact) mass is 430 g/mol. The molecule has 1 atom stereocenters. The van der Waals surface area contributed by atoms with Crippen molar-refractivity contribution in [2.45, 2.75) is 96.1 Å². The number of hydrogen-bond acceptors (Lipinski definition) is 4. The number of piperidine rings is 1. The maximum atomic E-state index is 13.1. The SMILES string of the molecule is CCCOC1(C(=O)Nc2ccc(OCCCN3CCCC[C@H]3C)cc2)CCCCCC1. The molecule has 1 heterocycles. The van der Waals surface area contributed by atoms with E-state index in [9.17, 15) is 4.79 Å². The van der Waals surface area contributed by atoms with Gasteiger partial charge in [-0.2, -0.15) is 0 Å². The quantitative estimate of drug-likeness (QED) is 0.377. The van der Waals surface area contributed by atoms with Crippen LogP contribution in [-0.2, 0) is 9.53 Å². The second-order valence-electron chi connectivity index (χ2n) is 9.32. The number of ether oxygens (including phenoxy) is 2. The molecule has 5 heteroatoms. The molecule has 0 radical (unpaired) electrons. The number of carbonyl (C=O) groups excluding carboxylic acids is 1. The van der Waals surface area contributed by atoms with Crippen molar-refractivity contribution in [2.75, 3.05) is 31.6 Å². The summed E-state index contributed by atoms with van der Waals surface area (Å²) in [7, 11) is 0. The lowest BCUT2D eigenvalue weighted by Gasteiger charge is -2.33. The molecule has 1 saturated heterocycles. The molecule has 0 aromatic heterocycles. The lowest BCUT2D eigenvalue weighted by molar-refractivity contribution is -0.143. The first-order chi connectivity index (χ1) is 15.1. The Morgan fingerprint density at radius 3 is 2.48 bits per heavy atom. The highest BCUT2D eigenvalue weighted by Crippen LogP contribution is 2.32. The lowest BCUT2D eigenvalue weighted by atomic mass is 9.92. The number of nitrogens with zero attached hydrogens (tertiary/aromatic N) is 1. The van der Waals surface area contributed by atoms with Gasteiger partial charge in [0, 0.05) is 24.9 Å². The van der Waals surface area contributed by atoms with Crippen LogP contribution in [0.15, 0.2) is 24.3 Å². The Balaban J connectivity index is 1.46. The summed E-state index contributed by atoms with van der Waals surface area (Å²) >= 11 is 0. The highest BCUT2D eigenvalue weighted by Gasteiger charge is 2.39. The second-order valence-corrected chi connectivity index (χ2v) is 9.32. The third kappa shape index (κ3) is 7.21. The molecule has 1 aromatic carbocycles. The van der Waals surface area contributed by atoms with Crippen LogP contribution in [0.2, 0.25) is 0 Å². The highest BCUT2D eigenvalue weighted by atomic mass is 16.5. The third-order valence-corrected chi connectivity index (χ3v) is 6.82. The number of carbonyl (C=O) groups is 1. The van der Waals surface area contributed by atoms with Gasteiger partial charge in [-0.15, -0.1) is 0 Å². The molecule has 2 aliphatic rings. The third-order valence-electron chi connectivity index (χ3n) is 6.82. The fourth-order valence-electron chi connectivity index (χ4n) is 4.86. The van der Waals surface area contributed by atoms with Crippen LogP contribution in [0.1, 0.15) is 84.5 Å². The van der Waals surface area contributed by atoms with E-state index in [0.717, 1.165) is 63.1 Å². The molecule has 1 aliphatic carbocycles. The molecule has 1 N–H and O–H groups in total. The fourth-order valence-corrected chi connectivity index (χ4v) is 4.86. The largest absolute Gasteiger partial charge is 0.494 e. The average molecular weight is 431 g/mol. The van der Waals surface area contributed by atoms with E-state index in [2.05, 4.69) is 24.1 Å². The molecule has 0 spiro atoms. The van der Waals surface area contributed by atoms with E-state index in [0.29, 0.717) is 12.6 Å². The van der Waals surface area contributed by atoms with Gasteiger partial charge in [-0.25, -0.2) is 0 Å². The van der Waals surface area contributed by atoms with Gasteiger partial charge in [-0.3, -0.25) is 4.79 Å². The van der Waals surface area contributed by atoms with Crippen LogP contribution < -0.4 is 10.1 Å². The molecular weight excluding hydrogens is 388 g/mol. The molecule has 0 unspecified atom stereocenters. The Labute approximate surface area is 188 Å². The number of rotatable bonds is 10. The number of nitrogens with one attached hydrogen (secondary N) is 1. The number of hydrogen-bond donors (Lipinski definition) is 1. The predicted molar refractivity (Wildman–Crippen MR) is 127 cm³/mol. The van der Waals surface area contributed by atoms with E-state index < -0.39 is 5.60 Å². The van der Waals surface area contributed by atoms with Crippen LogP contribution in [0.25, 0.3) is 0 Å². The van der Waals surface area contributed by atoms with Crippen molar-refractivity contribution in [2.24, 2.45) is 0 Å². The predicted octanol–water partition coefficient (Wildman–Crippen LogP) is 5.79. The normalized spacial score (nSPS) is 21.9. The van der Waals surface area contributed by atoms with Gasteiger partial charge in [0.2, 0.25) is 0 Å². The van der Waals surface area contributed by atoms with E-state index >= 15 is 0 Å². The summed E-state index contributed by atoms with van der Waals surface area (Å²) < 4.78 is 12.1. The summed E-state index contributed by atoms with van der Waals surface area (Å²) in [6.45, 7) is 8.11. The van der Waals surface area contributed by atoms with Crippen LogP contribution in [0.3, 0.4) is 0 Å². The summed E-state index contributed by atoms with van der Waals surface area (Å²) in [5.74, 6) is 0.864. The molecule has 2 fully saturated rings. The minimum absolute atomic E-state index is 0.00664. The van der Waals surface area contributed by atoms with E-state index in [4.69, 9.17) is 9.47 Å². The molecule has 5 nitrogen and oxygen atoms in total. The summed E-state index contributed by atoms with van der Waals surface area (Å²) in [5, 5.41) is 3.11. The maximum Gasteiger partial charge on any atom is 0.256 e. The number of amides is 1. The zero-order valence-corrected chi connectivity index (χ0v) is 19.7. The van der Waals surface area contributed by atoms with Crippen LogP contribution in [0, 0.1) is 0 Å². The van der Waals surface area contributed by atoms with Gasteiger partial charge in [0.25, 0.3) is 5.91 Å². The number of likely N-dealkylation sites (tertiary alicyclic amines) is 1. The first kappa shape index (κ1) is 24.1. The van der Waals surface area contributed by atoms with E-state index in [-0.39, 0.29) is 5.91 Å². The highest BCUT2D eigenvalue weighted by molar-refractivity contribution is 5.97. The fraction of sp³-hybridized carbons (Fsp3) is 0.731. The van der Waals surface area contributed by atoms with Crippen LogP contribution in [0.5, 0.6) is 5.75 Å². The van der Waals surface area contributed by atoms with Crippen LogP contribution >= 0.6 is 0 Å². The summed E-state index contributed by atoms with van der Waals surface area (Å²) in [6, 6.07) is 8.47. The molecule has 3 rings (SSSR count).